The maximum absolute atomic E-state index is 11.5. The van der Waals surface area contributed by atoms with Crippen molar-refractivity contribution in [2.24, 2.45) is 11.8 Å². The summed E-state index contributed by atoms with van der Waals surface area (Å²) in [5.41, 5.74) is 2.69. The molecule has 1 saturated heterocycles. The summed E-state index contributed by atoms with van der Waals surface area (Å²) < 4.78 is 5.62. The monoisotopic (exact) mass is 285 g/mol. The van der Waals surface area contributed by atoms with E-state index in [9.17, 15) is 4.79 Å². The van der Waals surface area contributed by atoms with Gasteiger partial charge in [0, 0.05) is 18.9 Å². The molecular weight excluding hydrogens is 262 g/mol. The third kappa shape index (κ3) is 2.23. The highest BCUT2D eigenvalue weighted by Crippen LogP contribution is 2.54. The predicted octanol–water partition coefficient (Wildman–Crippen LogP) is 3.20. The lowest BCUT2D eigenvalue weighted by Crippen LogP contribution is -2.14. The number of hydrogen-bond donors (Lipinski definition) is 1. The van der Waals surface area contributed by atoms with Crippen molar-refractivity contribution >= 4 is 5.91 Å². The number of ether oxygens (including phenoxy) is 1. The highest BCUT2D eigenvalue weighted by atomic mass is 16.5. The van der Waals surface area contributed by atoms with E-state index in [4.69, 9.17) is 4.74 Å². The first-order valence-electron chi connectivity index (χ1n) is 8.19. The summed E-state index contributed by atoms with van der Waals surface area (Å²) in [6.07, 6.45) is 6.16. The van der Waals surface area contributed by atoms with E-state index in [0.29, 0.717) is 18.3 Å². The number of rotatable bonds is 3. The van der Waals surface area contributed by atoms with Crippen LogP contribution in [0.2, 0.25) is 0 Å². The SMILES string of the molecule is COc1ccc(C2CNC(=O)C2)cc1C1CC2CCC1C2. The predicted molar refractivity (Wildman–Crippen MR) is 81.6 cm³/mol. The van der Waals surface area contributed by atoms with Gasteiger partial charge in [-0.2, -0.15) is 0 Å². The molecule has 4 atom stereocenters. The van der Waals surface area contributed by atoms with Crippen molar-refractivity contribution in [3.63, 3.8) is 0 Å². The lowest BCUT2D eigenvalue weighted by Gasteiger charge is -2.25. The van der Waals surface area contributed by atoms with Gasteiger partial charge in [-0.15, -0.1) is 0 Å². The average Bonchev–Trinajstić information content (AvgIpc) is 3.22. The first-order chi connectivity index (χ1) is 10.2. The van der Waals surface area contributed by atoms with Gasteiger partial charge in [-0.05, 0) is 54.2 Å². The van der Waals surface area contributed by atoms with Gasteiger partial charge < -0.3 is 10.1 Å². The first-order valence-corrected chi connectivity index (χ1v) is 8.19. The van der Waals surface area contributed by atoms with E-state index in [2.05, 4.69) is 23.5 Å². The Morgan fingerprint density at radius 1 is 1.24 bits per heavy atom. The average molecular weight is 285 g/mol. The molecule has 2 bridgehead atoms. The van der Waals surface area contributed by atoms with Gasteiger partial charge in [0.05, 0.1) is 7.11 Å². The van der Waals surface area contributed by atoms with Crippen LogP contribution in [0.25, 0.3) is 0 Å². The van der Waals surface area contributed by atoms with Crippen molar-refractivity contribution in [1.82, 2.24) is 5.32 Å². The highest BCUT2D eigenvalue weighted by molar-refractivity contribution is 5.79. The number of hydrogen-bond acceptors (Lipinski definition) is 2. The number of benzene rings is 1. The van der Waals surface area contributed by atoms with Gasteiger partial charge in [0.1, 0.15) is 5.75 Å². The summed E-state index contributed by atoms with van der Waals surface area (Å²) in [5.74, 6) is 4.00. The van der Waals surface area contributed by atoms with Gasteiger partial charge in [0.2, 0.25) is 5.91 Å². The van der Waals surface area contributed by atoms with Crippen LogP contribution in [-0.2, 0) is 4.79 Å². The second kappa shape index (κ2) is 5.04. The molecule has 1 amide bonds. The van der Waals surface area contributed by atoms with Crippen molar-refractivity contribution in [2.75, 3.05) is 13.7 Å². The number of methoxy groups -OCH3 is 1. The fourth-order valence-electron chi connectivity index (χ4n) is 4.76. The Bertz CT molecular complexity index is 568. The van der Waals surface area contributed by atoms with E-state index in [1.165, 1.54) is 36.8 Å². The van der Waals surface area contributed by atoms with Crippen LogP contribution in [0.4, 0.5) is 0 Å². The van der Waals surface area contributed by atoms with Crippen LogP contribution in [0.1, 0.15) is 55.1 Å². The molecule has 3 nitrogen and oxygen atoms in total. The van der Waals surface area contributed by atoms with Crippen LogP contribution in [0.5, 0.6) is 5.75 Å². The topological polar surface area (TPSA) is 38.3 Å². The van der Waals surface area contributed by atoms with E-state index in [1.807, 2.05) is 0 Å². The molecule has 3 aliphatic rings. The standard InChI is InChI=1S/C18H23NO2/c1-21-17-5-4-12(14-9-18(20)19-10-14)8-16(17)15-7-11-2-3-13(15)6-11/h4-5,8,11,13-15H,2-3,6-7,9-10H2,1H3,(H,19,20). The second-order valence-corrected chi connectivity index (χ2v) is 6.99. The molecule has 1 aromatic rings. The number of carbonyl (C=O) groups is 1. The maximum atomic E-state index is 11.5. The van der Waals surface area contributed by atoms with E-state index < -0.39 is 0 Å². The molecule has 0 spiro atoms. The van der Waals surface area contributed by atoms with Gasteiger partial charge >= 0.3 is 0 Å². The van der Waals surface area contributed by atoms with E-state index in [-0.39, 0.29) is 5.91 Å². The number of carbonyl (C=O) groups excluding carboxylic acids is 1. The minimum Gasteiger partial charge on any atom is -0.496 e. The summed E-state index contributed by atoms with van der Waals surface area (Å²) in [4.78, 5) is 11.5. The zero-order valence-corrected chi connectivity index (χ0v) is 12.6. The second-order valence-electron chi connectivity index (χ2n) is 6.99. The van der Waals surface area contributed by atoms with Crippen molar-refractivity contribution < 1.29 is 9.53 Å². The van der Waals surface area contributed by atoms with E-state index >= 15 is 0 Å². The van der Waals surface area contributed by atoms with Crippen molar-refractivity contribution in [3.8, 4) is 5.75 Å². The Balaban J connectivity index is 1.66. The molecule has 1 N–H and O–H groups in total. The molecule has 4 rings (SSSR count). The van der Waals surface area contributed by atoms with Gasteiger partial charge in [-0.1, -0.05) is 18.6 Å². The number of fused-ring (bicyclic) bond motifs is 2. The van der Waals surface area contributed by atoms with Gasteiger partial charge in [0.25, 0.3) is 0 Å². The van der Waals surface area contributed by atoms with Crippen LogP contribution in [0.3, 0.4) is 0 Å². The first kappa shape index (κ1) is 13.2. The number of amides is 1. The normalized spacial score (nSPS) is 34.2. The van der Waals surface area contributed by atoms with Crippen molar-refractivity contribution in [3.05, 3.63) is 29.3 Å². The molecule has 1 heterocycles. The van der Waals surface area contributed by atoms with Gasteiger partial charge in [-0.25, -0.2) is 0 Å². The molecule has 1 aliphatic heterocycles. The van der Waals surface area contributed by atoms with Crippen LogP contribution in [0, 0.1) is 11.8 Å². The minimum atomic E-state index is 0.178. The van der Waals surface area contributed by atoms with Gasteiger partial charge in [-0.3, -0.25) is 4.79 Å². The molecule has 1 aromatic carbocycles. The maximum Gasteiger partial charge on any atom is 0.220 e. The lowest BCUT2D eigenvalue weighted by molar-refractivity contribution is -0.119. The molecule has 3 fully saturated rings. The summed E-state index contributed by atoms with van der Waals surface area (Å²) in [6.45, 7) is 0.779. The smallest absolute Gasteiger partial charge is 0.220 e. The Hall–Kier alpha value is -1.51. The zero-order chi connectivity index (χ0) is 14.4. The summed E-state index contributed by atoms with van der Waals surface area (Å²) in [6, 6.07) is 6.58. The summed E-state index contributed by atoms with van der Waals surface area (Å²) in [5, 5.41) is 2.94. The quantitative estimate of drug-likeness (QED) is 0.926. The molecule has 0 aromatic heterocycles. The Morgan fingerprint density at radius 2 is 2.14 bits per heavy atom. The number of nitrogens with one attached hydrogen (secondary N) is 1. The van der Waals surface area contributed by atoms with Crippen LogP contribution in [0.15, 0.2) is 18.2 Å². The van der Waals surface area contributed by atoms with Crippen LogP contribution >= 0.6 is 0 Å². The lowest BCUT2D eigenvalue weighted by atomic mass is 9.81. The molecule has 112 valence electrons. The molecule has 0 radical (unpaired) electrons. The summed E-state index contributed by atoms with van der Waals surface area (Å²) >= 11 is 0. The molecular formula is C18H23NO2. The fourth-order valence-corrected chi connectivity index (χ4v) is 4.76. The molecule has 3 heteroatoms. The minimum absolute atomic E-state index is 0.178. The Morgan fingerprint density at radius 3 is 2.76 bits per heavy atom. The molecule has 21 heavy (non-hydrogen) atoms. The molecule has 2 saturated carbocycles. The molecule has 2 aliphatic carbocycles. The van der Waals surface area contributed by atoms with Crippen molar-refractivity contribution in [2.45, 2.75) is 43.9 Å². The van der Waals surface area contributed by atoms with Crippen molar-refractivity contribution in [1.29, 1.82) is 0 Å². The molecule has 4 unspecified atom stereocenters. The highest BCUT2D eigenvalue weighted by Gasteiger charge is 2.41. The van der Waals surface area contributed by atoms with E-state index in [0.717, 1.165) is 24.1 Å². The zero-order valence-electron chi connectivity index (χ0n) is 12.6. The Kier molecular flexibility index (Phi) is 3.16. The van der Waals surface area contributed by atoms with Crippen LogP contribution in [-0.4, -0.2) is 19.6 Å². The van der Waals surface area contributed by atoms with Gasteiger partial charge in [0.15, 0.2) is 0 Å². The summed E-state index contributed by atoms with van der Waals surface area (Å²) in [7, 11) is 1.77. The fraction of sp³-hybridized carbons (Fsp3) is 0.611. The third-order valence-electron chi connectivity index (χ3n) is 5.84. The third-order valence-corrected chi connectivity index (χ3v) is 5.84. The largest absolute Gasteiger partial charge is 0.496 e. The van der Waals surface area contributed by atoms with Crippen LogP contribution < -0.4 is 10.1 Å². The van der Waals surface area contributed by atoms with E-state index in [1.54, 1.807) is 7.11 Å². The Labute approximate surface area is 126 Å².